The fraction of sp³-hybridized carbons (Fsp3) is 0.446. The Kier molecular flexibility index (Phi) is 40.5. The Morgan fingerprint density at radius 1 is 0.199 bits per heavy atom. The van der Waals surface area contributed by atoms with Crippen molar-refractivity contribution in [1.29, 1.82) is 0 Å². The largest absolute Gasteiger partial charge is 0.394 e. The summed E-state index contributed by atoms with van der Waals surface area (Å²) in [5.74, 6) is 6.08. The Morgan fingerprint density at radius 3 is 0.574 bits per heavy atom. The topological polar surface area (TPSA) is 0 Å². The molecule has 12 aromatic rings. The van der Waals surface area contributed by atoms with Gasteiger partial charge in [0.15, 0.2) is 0 Å². The van der Waals surface area contributed by atoms with Crippen LogP contribution < -0.4 is 0 Å². The lowest BCUT2D eigenvalue weighted by molar-refractivity contribution is -0.211. The Hall–Kier alpha value is -9.78. The van der Waals surface area contributed by atoms with Gasteiger partial charge in [-0.25, -0.2) is 0 Å². The first-order chi connectivity index (χ1) is 63.1. The van der Waals surface area contributed by atoms with Crippen molar-refractivity contribution in [1.82, 2.24) is 0 Å². The number of alkyl halides is 6. The van der Waals surface area contributed by atoms with Gasteiger partial charge in [-0.2, -0.15) is 26.3 Å². The van der Waals surface area contributed by atoms with E-state index in [1.54, 1.807) is 12.1 Å². The predicted molar refractivity (Wildman–Crippen MR) is 584 cm³/mol. The van der Waals surface area contributed by atoms with Crippen LogP contribution in [0.3, 0.4) is 0 Å². The van der Waals surface area contributed by atoms with Crippen molar-refractivity contribution in [3.63, 3.8) is 0 Å². The molecule has 0 N–H and O–H groups in total. The van der Waals surface area contributed by atoms with E-state index in [9.17, 15) is 26.3 Å². The highest BCUT2D eigenvalue weighted by molar-refractivity contribution is 5.73. The average molecular weight is 1850 g/mol. The normalized spacial score (nSPS) is 12.1. The summed E-state index contributed by atoms with van der Waals surface area (Å²) in [7, 11) is 0. The smallest absolute Gasteiger partial charge is 0.171 e. The van der Waals surface area contributed by atoms with Crippen molar-refractivity contribution in [3.05, 3.63) is 352 Å². The lowest BCUT2D eigenvalue weighted by atomic mass is 9.84. The van der Waals surface area contributed by atoms with Crippen molar-refractivity contribution in [2.45, 2.75) is 360 Å². The molecular formula is C130H170F6. The van der Waals surface area contributed by atoms with E-state index in [1.165, 1.54) is 189 Å². The second-order valence-corrected chi connectivity index (χ2v) is 45.2. The quantitative estimate of drug-likeness (QED) is 0.0560. The van der Waals surface area contributed by atoms with Gasteiger partial charge in [-0.15, -0.1) is 0 Å². The second kappa shape index (κ2) is 48.7. The van der Waals surface area contributed by atoms with Crippen LogP contribution in [-0.4, -0.2) is 12.4 Å². The molecule has 136 heavy (non-hydrogen) atoms. The Bertz CT molecular complexity index is 5630. The SMILES string of the molecule is Cc1c(C(C)C)cc(-c2ccc(CC(C)(C)C(F)(F)F)cc2)cc1C(C)C.Cc1c(C(C)C)cc(-c2ccc(CC(C)(C)C)cc2)cc1C(C)C.Cc1c(C(C)C)cc(-c2ccc(CC(C)C)cc2)cc1C(C)C.Cc1c(C(C)C)cc(-c2ccccc2)cc1C(C)C.Cc1cc(-c2ccc(CC(C)(C)C(F)(F)F)cc2)cc(C)c1C.Cc1ccc(-c2cc(C(C)C)c(C)c(C(C)C)c2)cc1. The lowest BCUT2D eigenvalue weighted by Gasteiger charge is -2.27. The molecule has 0 aliphatic heterocycles. The highest BCUT2D eigenvalue weighted by Crippen LogP contribution is 2.45. The predicted octanol–water partition coefficient (Wildman–Crippen LogP) is 41.2. The summed E-state index contributed by atoms with van der Waals surface area (Å²) in [4.78, 5) is 0. The van der Waals surface area contributed by atoms with E-state index in [1.807, 2.05) is 36.4 Å². The second-order valence-electron chi connectivity index (χ2n) is 45.2. The molecule has 0 amide bonds. The summed E-state index contributed by atoms with van der Waals surface area (Å²) in [6.45, 7) is 81.5. The molecule has 0 fully saturated rings. The molecule has 0 aliphatic carbocycles. The highest BCUT2D eigenvalue weighted by atomic mass is 19.4. The van der Waals surface area contributed by atoms with Gasteiger partial charge in [0, 0.05) is 0 Å². The Morgan fingerprint density at radius 2 is 0.382 bits per heavy atom. The van der Waals surface area contributed by atoms with Crippen molar-refractivity contribution < 1.29 is 26.3 Å². The van der Waals surface area contributed by atoms with Crippen molar-refractivity contribution in [2.75, 3.05) is 0 Å². The number of halogens is 6. The average Bonchev–Trinajstić information content (AvgIpc) is 0.807. The summed E-state index contributed by atoms with van der Waals surface area (Å²) in [5, 5.41) is 0. The van der Waals surface area contributed by atoms with E-state index in [0.29, 0.717) is 81.6 Å². The third-order valence-corrected chi connectivity index (χ3v) is 27.4. The molecule has 12 aromatic carbocycles. The molecule has 0 aliphatic rings. The lowest BCUT2D eigenvalue weighted by Crippen LogP contribution is -2.34. The third-order valence-electron chi connectivity index (χ3n) is 27.4. The van der Waals surface area contributed by atoms with Gasteiger partial charge < -0.3 is 0 Å². The van der Waals surface area contributed by atoms with Crippen LogP contribution in [0.1, 0.15) is 388 Å². The van der Waals surface area contributed by atoms with E-state index in [4.69, 9.17) is 0 Å². The van der Waals surface area contributed by atoms with Crippen LogP contribution in [-0.2, 0) is 25.7 Å². The zero-order valence-electron chi connectivity index (χ0n) is 90.8. The molecule has 0 nitrogen and oxygen atoms in total. The van der Waals surface area contributed by atoms with Gasteiger partial charge in [-0.05, 0) is 348 Å². The monoisotopic (exact) mass is 1850 g/mol. The maximum atomic E-state index is 13.1. The highest BCUT2D eigenvalue weighted by Gasteiger charge is 2.48. The maximum absolute atomic E-state index is 13.1. The van der Waals surface area contributed by atoms with Gasteiger partial charge in [-0.1, -0.05) is 431 Å². The molecule has 0 spiro atoms. The molecule has 0 saturated heterocycles. The van der Waals surface area contributed by atoms with Gasteiger partial charge in [0.2, 0.25) is 0 Å². The summed E-state index contributed by atoms with van der Waals surface area (Å²) < 4.78 is 78.4. The number of benzene rings is 12. The van der Waals surface area contributed by atoms with E-state index in [-0.39, 0.29) is 12.8 Å². The minimum Gasteiger partial charge on any atom is -0.171 e. The molecular weight excluding hydrogens is 1680 g/mol. The van der Waals surface area contributed by atoms with Gasteiger partial charge in [0.05, 0.1) is 10.8 Å². The van der Waals surface area contributed by atoms with Crippen LogP contribution in [0.5, 0.6) is 0 Å². The van der Waals surface area contributed by atoms with Crippen molar-refractivity contribution in [2.24, 2.45) is 22.2 Å². The summed E-state index contributed by atoms with van der Waals surface area (Å²) in [5.41, 5.74) is 42.9. The zero-order chi connectivity index (χ0) is 102. The van der Waals surface area contributed by atoms with Gasteiger partial charge in [0.1, 0.15) is 0 Å². The molecule has 0 radical (unpaired) electrons. The zero-order valence-corrected chi connectivity index (χ0v) is 90.8. The van der Waals surface area contributed by atoms with E-state index < -0.39 is 23.2 Å². The van der Waals surface area contributed by atoms with E-state index in [2.05, 4.69) is 411 Å². The summed E-state index contributed by atoms with van der Waals surface area (Å²) in [6, 6.07) is 80.5. The van der Waals surface area contributed by atoms with Crippen LogP contribution in [0.4, 0.5) is 26.3 Å². The van der Waals surface area contributed by atoms with Gasteiger partial charge in [-0.3, -0.25) is 0 Å². The van der Waals surface area contributed by atoms with Gasteiger partial charge >= 0.3 is 12.4 Å². The van der Waals surface area contributed by atoms with Crippen LogP contribution in [0.2, 0.25) is 0 Å². The van der Waals surface area contributed by atoms with Gasteiger partial charge in [0.25, 0.3) is 0 Å². The third kappa shape index (κ3) is 31.4. The first-order valence-corrected chi connectivity index (χ1v) is 50.6. The number of aryl methyl sites for hydroxylation is 3. The summed E-state index contributed by atoms with van der Waals surface area (Å²) >= 11 is 0. The number of hydrogen-bond donors (Lipinski definition) is 0. The first-order valence-electron chi connectivity index (χ1n) is 50.6. The molecule has 6 heteroatoms. The fourth-order valence-electron chi connectivity index (χ4n) is 18.8. The minimum atomic E-state index is -4.21. The molecule has 0 bridgehead atoms. The minimum absolute atomic E-state index is 0.0112. The van der Waals surface area contributed by atoms with E-state index in [0.717, 1.165) is 35.1 Å². The molecule has 0 heterocycles. The standard InChI is InChI=1S/C24H31F3.C24H34.C23H32.C20H23F3.C20H26.C19H24/c1-15(2)21-12-20(13-22(16(3)4)17(21)5)19-10-8-18(9-11-19)14-23(6,7)24(25,26)27;1-16(2)22-13-21(14-23(17(3)4)18(22)5)20-11-9-19(10-12-20)15-24(6,7)8;1-15(2)12-19-8-10-20(11-9-19)21-13-22(16(3)4)18(7)23(14-21)17(5)6;1-13-10-18(11-14(2)15(13)3)17-8-6-16(7-9-17)12-19(4,5)20(21,22)23;1-13(2)19-11-18(12-20(14(3)4)16(19)6)17-9-7-15(5)8-10-17;1-13(2)18-11-17(16-9-7-6-8-10-16)12-19(14(3)4)15(18)5/h8-13,15-16H,14H2,1-7H3;9-14,16-17H,15H2,1-8H3;8-11,13-17H,12H2,1-7H3;6-11H,12H2,1-5H3;7-14H,1-6H3;6-14H,1-5H3. The van der Waals surface area contributed by atoms with Crippen LogP contribution in [0.25, 0.3) is 66.8 Å². The van der Waals surface area contributed by atoms with Crippen molar-refractivity contribution in [3.8, 4) is 66.8 Å². The molecule has 12 rings (SSSR count). The number of rotatable bonds is 23. The summed E-state index contributed by atoms with van der Waals surface area (Å²) in [6.07, 6.45) is -6.15. The van der Waals surface area contributed by atoms with Crippen LogP contribution in [0, 0.1) is 84.5 Å². The van der Waals surface area contributed by atoms with Crippen molar-refractivity contribution >= 4 is 0 Å². The molecule has 0 unspecified atom stereocenters. The van der Waals surface area contributed by atoms with E-state index >= 15 is 0 Å². The number of hydrogen-bond acceptors (Lipinski definition) is 0. The maximum Gasteiger partial charge on any atom is 0.394 e. The fourth-order valence-corrected chi connectivity index (χ4v) is 18.8. The Balaban J connectivity index is 0.000000223. The molecule has 0 saturated carbocycles. The van der Waals surface area contributed by atoms with Crippen LogP contribution >= 0.6 is 0 Å². The Labute approximate surface area is 822 Å². The molecule has 0 aromatic heterocycles. The molecule has 0 atom stereocenters. The first kappa shape index (κ1) is 113. The molecule has 732 valence electrons. The van der Waals surface area contributed by atoms with Crippen LogP contribution in [0.15, 0.2) is 224 Å².